The van der Waals surface area contributed by atoms with Crippen molar-refractivity contribution in [3.63, 3.8) is 0 Å². The third-order valence-corrected chi connectivity index (χ3v) is 7.24. The number of aromatic nitrogens is 1. The number of carbonyl (C=O) groups is 2. The topological polar surface area (TPSA) is 92.4 Å². The van der Waals surface area contributed by atoms with Gasteiger partial charge in [0.05, 0.1) is 11.4 Å². The second kappa shape index (κ2) is 10.3. The van der Waals surface area contributed by atoms with Crippen LogP contribution < -0.4 is 5.32 Å². The number of carboxylic acids is 1. The normalized spacial score (nSPS) is 20.8. The first-order valence-corrected chi connectivity index (χ1v) is 12.8. The fourth-order valence-electron chi connectivity index (χ4n) is 5.33. The molecule has 1 heterocycles. The first-order chi connectivity index (χ1) is 16.5. The maximum Gasteiger partial charge on any atom is 0.303 e. The van der Waals surface area contributed by atoms with Crippen molar-refractivity contribution < 1.29 is 23.6 Å². The summed E-state index contributed by atoms with van der Waals surface area (Å²) in [6.07, 6.45) is 5.58. The minimum atomic E-state index is -0.934. The van der Waals surface area contributed by atoms with Crippen LogP contribution in [-0.2, 0) is 9.59 Å². The van der Waals surface area contributed by atoms with Crippen LogP contribution in [0.1, 0.15) is 107 Å². The molecular formula is C27H34ClFN2O4. The van der Waals surface area contributed by atoms with Crippen molar-refractivity contribution in [2.75, 3.05) is 5.32 Å². The lowest BCUT2D eigenvalue weighted by Crippen LogP contribution is -2.27. The van der Waals surface area contributed by atoms with Gasteiger partial charge in [0.1, 0.15) is 11.6 Å². The molecule has 0 bridgehead atoms. The van der Waals surface area contributed by atoms with E-state index in [1.54, 1.807) is 0 Å². The molecule has 8 heteroatoms. The summed E-state index contributed by atoms with van der Waals surface area (Å²) in [6, 6.07) is 4.05. The molecule has 35 heavy (non-hydrogen) atoms. The van der Waals surface area contributed by atoms with E-state index in [0.29, 0.717) is 28.9 Å². The van der Waals surface area contributed by atoms with Crippen LogP contribution in [0.25, 0.3) is 0 Å². The number of carboxylic acid groups (broad SMARTS) is 1. The largest absolute Gasteiger partial charge is 0.481 e. The van der Waals surface area contributed by atoms with Crippen molar-refractivity contribution >= 4 is 29.2 Å². The van der Waals surface area contributed by atoms with Gasteiger partial charge in [-0.3, -0.25) is 9.59 Å². The molecule has 0 radical (unpaired) electrons. The van der Waals surface area contributed by atoms with Gasteiger partial charge < -0.3 is 14.9 Å². The molecule has 0 unspecified atom stereocenters. The molecule has 4 rings (SSSR count). The smallest absolute Gasteiger partial charge is 0.303 e. The Hall–Kier alpha value is -2.41. The second-order valence-corrected chi connectivity index (χ2v) is 11.9. The summed E-state index contributed by atoms with van der Waals surface area (Å²) in [4.78, 5) is 24.2. The molecule has 0 spiro atoms. The van der Waals surface area contributed by atoms with E-state index in [9.17, 15) is 19.1 Å². The average molecular weight is 505 g/mol. The van der Waals surface area contributed by atoms with E-state index in [2.05, 4.69) is 31.2 Å². The molecule has 0 saturated heterocycles. The van der Waals surface area contributed by atoms with E-state index in [-0.39, 0.29) is 30.0 Å². The highest BCUT2D eigenvalue weighted by Gasteiger charge is 2.42. The van der Waals surface area contributed by atoms with Crippen LogP contribution in [0.15, 0.2) is 22.7 Å². The van der Waals surface area contributed by atoms with E-state index < -0.39 is 23.6 Å². The van der Waals surface area contributed by atoms with Crippen molar-refractivity contribution in [2.45, 2.75) is 89.9 Å². The maximum atomic E-state index is 14.2. The first-order valence-electron chi connectivity index (χ1n) is 12.5. The summed E-state index contributed by atoms with van der Waals surface area (Å²) in [5.74, 6) is -0.382. The second-order valence-electron chi connectivity index (χ2n) is 11.4. The average Bonchev–Trinajstić information content (AvgIpc) is 3.47. The van der Waals surface area contributed by atoms with E-state index in [1.165, 1.54) is 18.6 Å². The third-order valence-electron chi connectivity index (χ3n) is 7.01. The summed E-state index contributed by atoms with van der Waals surface area (Å²) in [5, 5.41) is 16.6. The lowest BCUT2D eigenvalue weighted by molar-refractivity contribution is -0.137. The number of rotatable bonds is 10. The van der Waals surface area contributed by atoms with Crippen LogP contribution in [0.5, 0.6) is 0 Å². The van der Waals surface area contributed by atoms with Crippen LogP contribution >= 0.6 is 11.6 Å². The molecule has 2 fully saturated rings. The highest BCUT2D eigenvalue weighted by atomic mass is 35.5. The van der Waals surface area contributed by atoms with Gasteiger partial charge in [-0.25, -0.2) is 4.39 Å². The van der Waals surface area contributed by atoms with Gasteiger partial charge in [-0.05, 0) is 74.0 Å². The molecule has 1 atom stereocenters. The summed E-state index contributed by atoms with van der Waals surface area (Å²) in [7, 11) is 0. The number of amides is 1. The zero-order valence-corrected chi connectivity index (χ0v) is 21.3. The highest BCUT2D eigenvalue weighted by Crippen LogP contribution is 2.53. The lowest BCUT2D eigenvalue weighted by atomic mass is 9.66. The van der Waals surface area contributed by atoms with Gasteiger partial charge in [0.2, 0.25) is 5.91 Å². The van der Waals surface area contributed by atoms with Crippen LogP contribution in [0.2, 0.25) is 5.02 Å². The third kappa shape index (κ3) is 6.63. The monoisotopic (exact) mass is 504 g/mol. The molecule has 190 valence electrons. The standard InChI is InChI=1S/C27H34ClFN2O4/c1-27(2,3)14-15-10-18(11-15)25-24(16-4-5-16)26(35-31-25)17(6-9-23(33)34)12-22(32)30-21-8-7-19(28)13-20(21)29/h7-8,13,15-18H,4-6,9-12,14H2,1-3H3,(H,30,32)(H,33,34)/t15?,17-,18?/m0/s1. The predicted octanol–water partition coefficient (Wildman–Crippen LogP) is 7.25. The number of aliphatic carboxylic acids is 1. The van der Waals surface area contributed by atoms with Gasteiger partial charge in [-0.1, -0.05) is 37.5 Å². The maximum absolute atomic E-state index is 14.2. The minimum Gasteiger partial charge on any atom is -0.481 e. The summed E-state index contributed by atoms with van der Waals surface area (Å²) < 4.78 is 20.0. The van der Waals surface area contributed by atoms with Crippen molar-refractivity contribution in [3.8, 4) is 0 Å². The van der Waals surface area contributed by atoms with Crippen molar-refractivity contribution in [1.82, 2.24) is 5.16 Å². The predicted molar refractivity (Wildman–Crippen MR) is 132 cm³/mol. The van der Waals surface area contributed by atoms with E-state index in [0.717, 1.165) is 43.0 Å². The van der Waals surface area contributed by atoms with Crippen molar-refractivity contribution in [2.24, 2.45) is 11.3 Å². The number of halogens is 2. The van der Waals surface area contributed by atoms with Crippen molar-refractivity contribution in [1.29, 1.82) is 0 Å². The Morgan fingerprint density at radius 3 is 2.57 bits per heavy atom. The van der Waals surface area contributed by atoms with Gasteiger partial charge in [-0.15, -0.1) is 0 Å². The van der Waals surface area contributed by atoms with Gasteiger partial charge in [-0.2, -0.15) is 0 Å². The van der Waals surface area contributed by atoms with E-state index in [1.807, 2.05) is 0 Å². The molecule has 2 saturated carbocycles. The Morgan fingerprint density at radius 1 is 1.26 bits per heavy atom. The van der Waals surface area contributed by atoms with E-state index in [4.69, 9.17) is 16.1 Å². The van der Waals surface area contributed by atoms with Gasteiger partial charge in [0.25, 0.3) is 0 Å². The fourth-order valence-corrected chi connectivity index (χ4v) is 5.48. The zero-order valence-electron chi connectivity index (χ0n) is 20.6. The van der Waals surface area contributed by atoms with Crippen LogP contribution in [-0.4, -0.2) is 22.1 Å². The van der Waals surface area contributed by atoms with Crippen LogP contribution in [0.4, 0.5) is 10.1 Å². The number of carbonyl (C=O) groups excluding carboxylic acids is 1. The Morgan fingerprint density at radius 2 is 1.97 bits per heavy atom. The molecule has 0 aliphatic heterocycles. The number of hydrogen-bond acceptors (Lipinski definition) is 4. The van der Waals surface area contributed by atoms with E-state index >= 15 is 0 Å². The Bertz CT molecular complexity index is 1080. The number of nitrogens with one attached hydrogen (secondary N) is 1. The number of nitrogens with zero attached hydrogens (tertiary/aromatic N) is 1. The highest BCUT2D eigenvalue weighted by molar-refractivity contribution is 6.30. The molecule has 2 N–H and O–H groups in total. The molecule has 1 aromatic carbocycles. The quantitative estimate of drug-likeness (QED) is 0.355. The molecule has 2 aromatic rings. The number of hydrogen-bond donors (Lipinski definition) is 2. The Kier molecular flexibility index (Phi) is 7.55. The van der Waals surface area contributed by atoms with Gasteiger partial charge in [0, 0.05) is 35.3 Å². The number of anilines is 1. The van der Waals surface area contributed by atoms with Crippen molar-refractivity contribution in [3.05, 3.63) is 46.1 Å². The molecule has 1 amide bonds. The fraction of sp³-hybridized carbons (Fsp3) is 0.593. The molecular weight excluding hydrogens is 471 g/mol. The molecule has 1 aromatic heterocycles. The van der Waals surface area contributed by atoms with Gasteiger partial charge in [0.15, 0.2) is 0 Å². The first kappa shape index (κ1) is 25.7. The minimum absolute atomic E-state index is 0.0129. The molecule has 2 aliphatic rings. The van der Waals surface area contributed by atoms with Gasteiger partial charge >= 0.3 is 5.97 Å². The zero-order chi connectivity index (χ0) is 25.3. The SMILES string of the molecule is CC(C)(C)CC1CC(c2noc([C@@H](CCC(=O)O)CC(=O)Nc3ccc(Cl)cc3F)c2C2CC2)C1. The summed E-state index contributed by atoms with van der Waals surface area (Å²) >= 11 is 5.80. The lowest BCUT2D eigenvalue weighted by Gasteiger charge is -2.38. The summed E-state index contributed by atoms with van der Waals surface area (Å²) in [5.41, 5.74) is 2.42. The summed E-state index contributed by atoms with van der Waals surface area (Å²) in [6.45, 7) is 6.79. The Labute approximate surface area is 210 Å². The van der Waals surface area contributed by atoms with Crippen LogP contribution in [0, 0.1) is 17.2 Å². The number of benzene rings is 1. The molecule has 2 aliphatic carbocycles. The van der Waals surface area contributed by atoms with Crippen LogP contribution in [0.3, 0.4) is 0 Å². The molecule has 6 nitrogen and oxygen atoms in total. The Balaban J connectivity index is 1.51.